The van der Waals surface area contributed by atoms with Crippen LogP contribution in [0.4, 0.5) is 0 Å². The van der Waals surface area contributed by atoms with Gasteiger partial charge < -0.3 is 14.9 Å². The van der Waals surface area contributed by atoms with Gasteiger partial charge >= 0.3 is 0 Å². The Bertz CT molecular complexity index is 1040. The summed E-state index contributed by atoms with van der Waals surface area (Å²) in [6.45, 7) is 3.24. The standard InChI is InChI=1S/C23H20BrCl3N2O2/c1-2-30-22-11-16(12-28-29-13-18-20(26)4-3-5-21(18)27)10-19(24)23(22)31-14-15-6-8-17(25)9-7-15/h3-12,29H,2,13-14H2,1H3/b28-12-. The molecule has 0 amide bonds. The van der Waals surface area contributed by atoms with E-state index in [2.05, 4.69) is 26.5 Å². The fourth-order valence-corrected chi connectivity index (χ4v) is 3.98. The lowest BCUT2D eigenvalue weighted by atomic mass is 10.2. The number of rotatable bonds is 9. The molecule has 0 fully saturated rings. The van der Waals surface area contributed by atoms with Gasteiger partial charge in [0.2, 0.25) is 0 Å². The Morgan fingerprint density at radius 3 is 2.39 bits per heavy atom. The summed E-state index contributed by atoms with van der Waals surface area (Å²) in [5.41, 5.74) is 5.61. The second-order valence-electron chi connectivity index (χ2n) is 6.47. The summed E-state index contributed by atoms with van der Waals surface area (Å²) in [6, 6.07) is 16.7. The van der Waals surface area contributed by atoms with Crippen molar-refractivity contribution in [2.75, 3.05) is 6.61 Å². The Labute approximate surface area is 205 Å². The van der Waals surface area contributed by atoms with Gasteiger partial charge in [0.25, 0.3) is 0 Å². The van der Waals surface area contributed by atoms with Gasteiger partial charge in [-0.25, -0.2) is 0 Å². The summed E-state index contributed by atoms with van der Waals surface area (Å²) in [5.74, 6) is 1.26. The van der Waals surface area contributed by atoms with Crippen molar-refractivity contribution in [3.63, 3.8) is 0 Å². The highest BCUT2D eigenvalue weighted by Crippen LogP contribution is 2.37. The Kier molecular flexibility index (Phi) is 8.90. The van der Waals surface area contributed by atoms with E-state index in [9.17, 15) is 0 Å². The first-order chi connectivity index (χ1) is 15.0. The number of nitrogens with zero attached hydrogens (tertiary/aromatic N) is 1. The molecule has 4 nitrogen and oxygen atoms in total. The molecule has 3 rings (SSSR count). The van der Waals surface area contributed by atoms with Crippen LogP contribution in [0.1, 0.15) is 23.6 Å². The van der Waals surface area contributed by atoms with Crippen LogP contribution in [0.25, 0.3) is 0 Å². The van der Waals surface area contributed by atoms with Crippen molar-refractivity contribution in [2.24, 2.45) is 5.10 Å². The third kappa shape index (κ3) is 6.78. The van der Waals surface area contributed by atoms with Gasteiger partial charge in [-0.3, -0.25) is 0 Å². The van der Waals surface area contributed by atoms with Crippen LogP contribution in [0.15, 0.2) is 64.2 Å². The SMILES string of the molecule is CCOc1cc(/C=N\NCc2c(Cl)cccc2Cl)cc(Br)c1OCc1ccc(Cl)cc1. The molecule has 0 saturated heterocycles. The summed E-state index contributed by atoms with van der Waals surface area (Å²) in [4.78, 5) is 0. The normalized spacial score (nSPS) is 11.0. The smallest absolute Gasteiger partial charge is 0.175 e. The summed E-state index contributed by atoms with van der Waals surface area (Å²) in [6.07, 6.45) is 1.70. The molecule has 3 aromatic rings. The number of ether oxygens (including phenoxy) is 2. The molecule has 0 heterocycles. The van der Waals surface area contributed by atoms with Crippen molar-refractivity contribution in [3.8, 4) is 11.5 Å². The fraction of sp³-hybridized carbons (Fsp3) is 0.174. The Hall–Kier alpha value is -1.92. The van der Waals surface area contributed by atoms with E-state index >= 15 is 0 Å². The molecule has 1 N–H and O–H groups in total. The van der Waals surface area contributed by atoms with Gasteiger partial charge in [-0.15, -0.1) is 0 Å². The molecule has 0 unspecified atom stereocenters. The molecule has 0 aromatic heterocycles. The number of hydrogen-bond donors (Lipinski definition) is 1. The second-order valence-corrected chi connectivity index (χ2v) is 8.58. The van der Waals surface area contributed by atoms with Gasteiger partial charge in [-0.05, 0) is 70.4 Å². The number of hydrogen-bond acceptors (Lipinski definition) is 4. The largest absolute Gasteiger partial charge is 0.490 e. The van der Waals surface area contributed by atoms with Crippen molar-refractivity contribution >= 4 is 56.9 Å². The third-order valence-corrected chi connectivity index (χ3v) is 5.80. The van der Waals surface area contributed by atoms with Crippen LogP contribution in [0.2, 0.25) is 15.1 Å². The van der Waals surface area contributed by atoms with Crippen LogP contribution in [-0.2, 0) is 13.2 Å². The molecule has 0 atom stereocenters. The summed E-state index contributed by atoms with van der Waals surface area (Å²) >= 11 is 21.9. The zero-order valence-electron chi connectivity index (χ0n) is 16.7. The average molecular weight is 543 g/mol. The van der Waals surface area contributed by atoms with Crippen molar-refractivity contribution in [2.45, 2.75) is 20.1 Å². The molecule has 0 radical (unpaired) electrons. The first-order valence-electron chi connectivity index (χ1n) is 9.50. The van der Waals surface area contributed by atoms with Gasteiger partial charge in [-0.1, -0.05) is 53.0 Å². The molecule has 0 aliphatic carbocycles. The van der Waals surface area contributed by atoms with Crippen molar-refractivity contribution in [3.05, 3.63) is 90.8 Å². The van der Waals surface area contributed by atoms with Gasteiger partial charge in [0.15, 0.2) is 11.5 Å². The monoisotopic (exact) mass is 540 g/mol. The minimum atomic E-state index is 0.392. The maximum absolute atomic E-state index is 6.18. The highest BCUT2D eigenvalue weighted by Gasteiger charge is 2.12. The highest BCUT2D eigenvalue weighted by molar-refractivity contribution is 9.10. The highest BCUT2D eigenvalue weighted by atomic mass is 79.9. The quantitative estimate of drug-likeness (QED) is 0.225. The van der Waals surface area contributed by atoms with Gasteiger partial charge in [0.05, 0.1) is 23.8 Å². The lowest BCUT2D eigenvalue weighted by Gasteiger charge is -2.15. The van der Waals surface area contributed by atoms with E-state index in [4.69, 9.17) is 44.3 Å². The first kappa shape index (κ1) is 23.7. The molecule has 0 aliphatic heterocycles. The van der Waals surface area contributed by atoms with Crippen molar-refractivity contribution in [1.29, 1.82) is 0 Å². The van der Waals surface area contributed by atoms with E-state index < -0.39 is 0 Å². The Morgan fingerprint density at radius 1 is 1.00 bits per heavy atom. The lowest BCUT2D eigenvalue weighted by molar-refractivity contribution is 0.267. The van der Waals surface area contributed by atoms with Gasteiger partial charge in [0.1, 0.15) is 6.61 Å². The molecule has 0 bridgehead atoms. The van der Waals surface area contributed by atoms with E-state index in [0.717, 1.165) is 21.2 Å². The van der Waals surface area contributed by atoms with E-state index in [1.165, 1.54) is 0 Å². The van der Waals surface area contributed by atoms with Crippen LogP contribution in [0, 0.1) is 0 Å². The first-order valence-corrected chi connectivity index (χ1v) is 11.4. The molecule has 31 heavy (non-hydrogen) atoms. The molecule has 162 valence electrons. The maximum atomic E-state index is 6.18. The van der Waals surface area contributed by atoms with Crippen LogP contribution >= 0.6 is 50.7 Å². The Morgan fingerprint density at radius 2 is 1.71 bits per heavy atom. The van der Waals surface area contributed by atoms with Crippen LogP contribution in [-0.4, -0.2) is 12.8 Å². The number of nitrogens with one attached hydrogen (secondary N) is 1. The number of hydrazone groups is 1. The zero-order valence-corrected chi connectivity index (χ0v) is 20.5. The Balaban J connectivity index is 1.70. The van der Waals surface area contributed by atoms with Crippen LogP contribution < -0.4 is 14.9 Å². The van der Waals surface area contributed by atoms with E-state index in [1.54, 1.807) is 24.4 Å². The summed E-state index contributed by atoms with van der Waals surface area (Å²) in [7, 11) is 0. The summed E-state index contributed by atoms with van der Waals surface area (Å²) in [5, 5.41) is 6.15. The third-order valence-electron chi connectivity index (χ3n) is 4.25. The van der Waals surface area contributed by atoms with Gasteiger partial charge in [0, 0.05) is 20.6 Å². The molecular formula is C23H20BrCl3N2O2. The van der Waals surface area contributed by atoms with Crippen LogP contribution in [0.5, 0.6) is 11.5 Å². The topological polar surface area (TPSA) is 42.8 Å². The number of benzene rings is 3. The molecule has 0 aliphatic rings. The van der Waals surface area contributed by atoms with E-state index in [-0.39, 0.29) is 0 Å². The second kappa shape index (κ2) is 11.6. The van der Waals surface area contributed by atoms with E-state index in [1.807, 2.05) is 43.3 Å². The minimum absolute atomic E-state index is 0.392. The fourth-order valence-electron chi connectivity index (χ4n) is 2.75. The zero-order chi connectivity index (χ0) is 22.2. The van der Waals surface area contributed by atoms with E-state index in [0.29, 0.717) is 46.3 Å². The molecular weight excluding hydrogens is 523 g/mol. The lowest BCUT2D eigenvalue weighted by Crippen LogP contribution is -2.07. The van der Waals surface area contributed by atoms with Crippen LogP contribution in [0.3, 0.4) is 0 Å². The molecule has 0 spiro atoms. The minimum Gasteiger partial charge on any atom is -0.490 e. The maximum Gasteiger partial charge on any atom is 0.175 e. The number of halogens is 4. The van der Waals surface area contributed by atoms with Gasteiger partial charge in [-0.2, -0.15) is 5.10 Å². The predicted molar refractivity (Wildman–Crippen MR) is 132 cm³/mol. The van der Waals surface area contributed by atoms with Crippen molar-refractivity contribution in [1.82, 2.24) is 5.43 Å². The van der Waals surface area contributed by atoms with Crippen molar-refractivity contribution < 1.29 is 9.47 Å². The average Bonchev–Trinajstić information content (AvgIpc) is 2.74. The predicted octanol–water partition coefficient (Wildman–Crippen LogP) is 7.51. The summed E-state index contributed by atoms with van der Waals surface area (Å²) < 4.78 is 12.6. The molecule has 8 heteroatoms. The molecule has 0 saturated carbocycles. The molecule has 3 aromatic carbocycles.